The first-order valence-corrected chi connectivity index (χ1v) is 7.47. The monoisotopic (exact) mass is 267 g/mol. The number of amides is 1. The van der Waals surface area contributed by atoms with Crippen LogP contribution in [0.1, 0.15) is 30.6 Å². The predicted octanol–water partition coefficient (Wildman–Crippen LogP) is 2.38. The molecular formula is C13H21N3OS. The van der Waals surface area contributed by atoms with Crippen molar-refractivity contribution in [3.05, 3.63) is 23.9 Å². The summed E-state index contributed by atoms with van der Waals surface area (Å²) >= 11 is 1.81. The summed E-state index contributed by atoms with van der Waals surface area (Å²) in [6, 6.07) is 3.57. The van der Waals surface area contributed by atoms with E-state index in [-0.39, 0.29) is 5.91 Å². The van der Waals surface area contributed by atoms with Crippen molar-refractivity contribution in [1.82, 2.24) is 10.3 Å². The third-order valence-electron chi connectivity index (χ3n) is 2.64. The van der Waals surface area contributed by atoms with Crippen LogP contribution in [0, 0.1) is 0 Å². The van der Waals surface area contributed by atoms with Crippen molar-refractivity contribution >= 4 is 23.5 Å². The third-order valence-corrected chi connectivity index (χ3v) is 3.68. The maximum absolute atomic E-state index is 12.0. The molecule has 1 unspecified atom stereocenters. The first kappa shape index (κ1) is 14.8. The van der Waals surface area contributed by atoms with Crippen molar-refractivity contribution < 1.29 is 4.79 Å². The molecule has 0 fully saturated rings. The van der Waals surface area contributed by atoms with Gasteiger partial charge in [0.1, 0.15) is 5.82 Å². The van der Waals surface area contributed by atoms with E-state index in [4.69, 9.17) is 0 Å². The number of nitrogens with one attached hydrogen (secondary N) is 2. The van der Waals surface area contributed by atoms with Crippen LogP contribution in [0.25, 0.3) is 0 Å². The van der Waals surface area contributed by atoms with E-state index in [2.05, 4.69) is 28.8 Å². The van der Waals surface area contributed by atoms with Crippen LogP contribution < -0.4 is 10.6 Å². The van der Waals surface area contributed by atoms with Crippen LogP contribution in [0.5, 0.6) is 0 Å². The van der Waals surface area contributed by atoms with Crippen molar-refractivity contribution in [2.45, 2.75) is 25.5 Å². The molecule has 1 heterocycles. The number of rotatable bonds is 7. The van der Waals surface area contributed by atoms with Crippen LogP contribution in [0.4, 0.5) is 5.82 Å². The Morgan fingerprint density at radius 3 is 3.00 bits per heavy atom. The fourth-order valence-electron chi connectivity index (χ4n) is 1.50. The zero-order valence-corrected chi connectivity index (χ0v) is 12.0. The van der Waals surface area contributed by atoms with Gasteiger partial charge in [0.25, 0.3) is 5.91 Å². The maximum Gasteiger partial charge on any atom is 0.255 e. The minimum absolute atomic E-state index is 0.0626. The van der Waals surface area contributed by atoms with Crippen molar-refractivity contribution in [2.24, 2.45) is 0 Å². The summed E-state index contributed by atoms with van der Waals surface area (Å²) < 4.78 is 0. The Bertz CT molecular complexity index is 384. The Balaban J connectivity index is 2.55. The minimum Gasteiger partial charge on any atom is -0.370 e. The van der Waals surface area contributed by atoms with Crippen molar-refractivity contribution in [2.75, 3.05) is 24.7 Å². The molecule has 5 heteroatoms. The van der Waals surface area contributed by atoms with E-state index in [1.165, 1.54) is 0 Å². The van der Waals surface area contributed by atoms with Gasteiger partial charge < -0.3 is 10.6 Å². The lowest BCUT2D eigenvalue weighted by atomic mass is 10.2. The zero-order chi connectivity index (χ0) is 13.4. The fourth-order valence-corrected chi connectivity index (χ4v) is 1.85. The number of thioether (sulfide) groups is 1. The van der Waals surface area contributed by atoms with Crippen LogP contribution in [-0.4, -0.2) is 35.5 Å². The highest BCUT2D eigenvalue weighted by atomic mass is 32.2. The van der Waals surface area contributed by atoms with E-state index in [1.54, 1.807) is 18.3 Å². The molecule has 0 aliphatic heterocycles. The second-order valence-electron chi connectivity index (χ2n) is 4.02. The molecule has 0 aromatic carbocycles. The Morgan fingerprint density at radius 1 is 1.56 bits per heavy atom. The molecule has 1 amide bonds. The van der Waals surface area contributed by atoms with Crippen LogP contribution in [0.3, 0.4) is 0 Å². The number of hydrogen-bond donors (Lipinski definition) is 2. The van der Waals surface area contributed by atoms with E-state index >= 15 is 0 Å². The SMILES string of the molecule is CCNc1ncccc1C(=O)NCCC(C)SC. The summed E-state index contributed by atoms with van der Waals surface area (Å²) in [6.45, 7) is 5.59. The molecule has 1 aromatic heterocycles. The van der Waals surface area contributed by atoms with Crippen molar-refractivity contribution in [3.8, 4) is 0 Å². The Morgan fingerprint density at radius 2 is 2.33 bits per heavy atom. The Hall–Kier alpha value is -1.23. The molecule has 18 heavy (non-hydrogen) atoms. The number of anilines is 1. The largest absolute Gasteiger partial charge is 0.370 e. The summed E-state index contributed by atoms with van der Waals surface area (Å²) in [4.78, 5) is 16.2. The maximum atomic E-state index is 12.0. The highest BCUT2D eigenvalue weighted by molar-refractivity contribution is 7.99. The molecule has 0 saturated carbocycles. The molecule has 0 saturated heterocycles. The van der Waals surface area contributed by atoms with Gasteiger partial charge in [-0.1, -0.05) is 6.92 Å². The van der Waals surface area contributed by atoms with Crippen molar-refractivity contribution in [1.29, 1.82) is 0 Å². The molecule has 2 N–H and O–H groups in total. The number of pyridine rings is 1. The van der Waals surface area contributed by atoms with Crippen LogP contribution in [0.15, 0.2) is 18.3 Å². The molecule has 0 aliphatic carbocycles. The molecule has 1 atom stereocenters. The highest BCUT2D eigenvalue weighted by Crippen LogP contribution is 2.11. The molecule has 0 bridgehead atoms. The minimum atomic E-state index is -0.0626. The summed E-state index contributed by atoms with van der Waals surface area (Å²) in [6.07, 6.45) is 4.74. The fraction of sp³-hybridized carbons (Fsp3) is 0.538. The third kappa shape index (κ3) is 4.56. The van der Waals surface area contributed by atoms with Gasteiger partial charge in [0, 0.05) is 24.5 Å². The van der Waals surface area contributed by atoms with Gasteiger partial charge in [-0.25, -0.2) is 4.98 Å². The quantitative estimate of drug-likeness (QED) is 0.796. The summed E-state index contributed by atoms with van der Waals surface area (Å²) in [5.74, 6) is 0.586. The number of carbonyl (C=O) groups excluding carboxylic acids is 1. The molecule has 0 radical (unpaired) electrons. The van der Waals surface area contributed by atoms with Crippen molar-refractivity contribution in [3.63, 3.8) is 0 Å². The van der Waals surface area contributed by atoms with E-state index in [1.807, 2.05) is 18.7 Å². The van der Waals surface area contributed by atoms with Gasteiger partial charge >= 0.3 is 0 Å². The lowest BCUT2D eigenvalue weighted by Crippen LogP contribution is -2.27. The first-order chi connectivity index (χ1) is 8.69. The molecule has 1 aromatic rings. The van der Waals surface area contributed by atoms with Gasteiger partial charge in [0.2, 0.25) is 0 Å². The highest BCUT2D eigenvalue weighted by Gasteiger charge is 2.11. The summed E-state index contributed by atoms with van der Waals surface area (Å²) in [7, 11) is 0. The van der Waals surface area contributed by atoms with Gasteiger partial charge in [-0.2, -0.15) is 11.8 Å². The zero-order valence-electron chi connectivity index (χ0n) is 11.2. The summed E-state index contributed by atoms with van der Waals surface area (Å²) in [5.41, 5.74) is 0.608. The first-order valence-electron chi connectivity index (χ1n) is 6.19. The molecular weight excluding hydrogens is 246 g/mol. The van der Waals surface area contributed by atoms with Gasteiger partial charge in [-0.3, -0.25) is 4.79 Å². The van der Waals surface area contributed by atoms with E-state index in [0.29, 0.717) is 23.2 Å². The number of nitrogens with zero attached hydrogens (tertiary/aromatic N) is 1. The Kier molecular flexibility index (Phi) is 6.57. The second-order valence-corrected chi connectivity index (χ2v) is 5.30. The van der Waals surface area contributed by atoms with Crippen LogP contribution in [-0.2, 0) is 0 Å². The normalized spacial score (nSPS) is 11.9. The standard InChI is InChI=1S/C13H21N3OS/c1-4-14-12-11(6-5-8-15-12)13(17)16-9-7-10(2)18-3/h5-6,8,10H,4,7,9H2,1-3H3,(H,14,15)(H,16,17). The van der Waals surface area contributed by atoms with E-state index < -0.39 is 0 Å². The number of hydrogen-bond acceptors (Lipinski definition) is 4. The van der Waals surface area contributed by atoms with Gasteiger partial charge in [0.15, 0.2) is 0 Å². The van der Waals surface area contributed by atoms with Gasteiger partial charge in [-0.05, 0) is 31.7 Å². The van der Waals surface area contributed by atoms with Crippen LogP contribution >= 0.6 is 11.8 Å². The number of aromatic nitrogens is 1. The average Bonchev–Trinajstić information content (AvgIpc) is 2.39. The number of carbonyl (C=O) groups is 1. The lowest BCUT2D eigenvalue weighted by molar-refractivity contribution is 0.0954. The molecule has 0 spiro atoms. The molecule has 1 rings (SSSR count). The van der Waals surface area contributed by atoms with Crippen LogP contribution in [0.2, 0.25) is 0 Å². The van der Waals surface area contributed by atoms with E-state index in [9.17, 15) is 4.79 Å². The molecule has 0 aliphatic rings. The Labute approximate surface area is 113 Å². The summed E-state index contributed by atoms with van der Waals surface area (Å²) in [5, 5.41) is 6.58. The van der Waals surface area contributed by atoms with Gasteiger partial charge in [0.05, 0.1) is 5.56 Å². The molecule has 100 valence electrons. The molecule has 4 nitrogen and oxygen atoms in total. The van der Waals surface area contributed by atoms with E-state index in [0.717, 1.165) is 13.0 Å². The predicted molar refractivity (Wildman–Crippen MR) is 78.3 cm³/mol. The second kappa shape index (κ2) is 7.97. The van der Waals surface area contributed by atoms with Gasteiger partial charge in [-0.15, -0.1) is 0 Å². The average molecular weight is 267 g/mol. The topological polar surface area (TPSA) is 54.0 Å². The smallest absolute Gasteiger partial charge is 0.255 e. The lowest BCUT2D eigenvalue weighted by Gasteiger charge is -2.11.